The summed E-state index contributed by atoms with van der Waals surface area (Å²) in [6.07, 6.45) is 8.04. The molecule has 2 saturated heterocycles. The molecule has 33 heavy (non-hydrogen) atoms. The molecule has 7 nitrogen and oxygen atoms in total. The van der Waals surface area contributed by atoms with Crippen molar-refractivity contribution < 1.29 is 14.6 Å². The lowest BCUT2D eigenvalue weighted by Gasteiger charge is -2.48. The average Bonchev–Trinajstić information content (AvgIpc) is 3.09. The van der Waals surface area contributed by atoms with Crippen LogP contribution in [0.2, 0.25) is 0 Å². The maximum Gasteiger partial charge on any atom is 0.0740 e. The van der Waals surface area contributed by atoms with E-state index in [-0.39, 0.29) is 12.1 Å². The molecule has 2 aliphatic heterocycles. The van der Waals surface area contributed by atoms with E-state index in [1.54, 1.807) is 7.11 Å². The second-order valence-electron chi connectivity index (χ2n) is 9.40. The van der Waals surface area contributed by atoms with Crippen LogP contribution in [-0.2, 0) is 9.47 Å². The van der Waals surface area contributed by atoms with Crippen LogP contribution in [0, 0.1) is 0 Å². The summed E-state index contributed by atoms with van der Waals surface area (Å²) < 4.78 is 11.3. The van der Waals surface area contributed by atoms with Crippen molar-refractivity contribution in [3.8, 4) is 0 Å². The van der Waals surface area contributed by atoms with Crippen molar-refractivity contribution in [2.75, 3.05) is 33.9 Å². The molecule has 2 unspecified atom stereocenters. The van der Waals surface area contributed by atoms with Crippen LogP contribution in [0.15, 0.2) is 48.8 Å². The summed E-state index contributed by atoms with van der Waals surface area (Å²) in [6, 6.07) is 13.1. The minimum Gasteiger partial charge on any atom is -0.392 e. The molecule has 1 N–H and O–H groups in total. The van der Waals surface area contributed by atoms with Gasteiger partial charge in [0.15, 0.2) is 0 Å². The third-order valence-electron chi connectivity index (χ3n) is 7.16. The van der Waals surface area contributed by atoms with Crippen molar-refractivity contribution in [1.82, 2.24) is 19.8 Å². The maximum atomic E-state index is 10.4. The molecule has 2 fully saturated rings. The summed E-state index contributed by atoms with van der Waals surface area (Å²) in [6.45, 7) is 3.68. The first-order chi connectivity index (χ1) is 16.1. The Bertz CT molecular complexity index is 824. The van der Waals surface area contributed by atoms with Gasteiger partial charge in [-0.05, 0) is 56.9 Å². The van der Waals surface area contributed by atoms with Crippen LogP contribution in [-0.4, -0.2) is 83.1 Å². The Labute approximate surface area is 197 Å². The standard InChI is InChI=1S/C26H38N4O3/c1-19(31)18-29(14-15-32-2)25(23-8-4-6-12-27-23)26(24-9-5-7-13-28-24)30-20-10-11-21(30)17-22(16-20)33-3/h4-9,12-13,19-22,25-26,31H,10-11,14-18H2,1-3H3/t19-,20?,21?,22?,25+,26+/m0/s1. The number of rotatable bonds is 11. The van der Waals surface area contributed by atoms with Crippen molar-refractivity contribution in [1.29, 1.82) is 0 Å². The number of aliphatic hydroxyl groups is 1. The molecule has 0 radical (unpaired) electrons. The largest absolute Gasteiger partial charge is 0.392 e. The Hall–Kier alpha value is -1.90. The maximum absolute atomic E-state index is 10.4. The highest BCUT2D eigenvalue weighted by Crippen LogP contribution is 2.47. The number of aliphatic hydroxyl groups excluding tert-OH is 1. The summed E-state index contributed by atoms with van der Waals surface area (Å²) >= 11 is 0. The van der Waals surface area contributed by atoms with E-state index in [0.29, 0.717) is 37.9 Å². The van der Waals surface area contributed by atoms with E-state index in [4.69, 9.17) is 19.4 Å². The van der Waals surface area contributed by atoms with E-state index in [0.717, 1.165) is 24.2 Å². The van der Waals surface area contributed by atoms with Crippen LogP contribution < -0.4 is 0 Å². The normalized spacial score (nSPS) is 25.8. The minimum absolute atomic E-state index is 0.0204. The summed E-state index contributed by atoms with van der Waals surface area (Å²) in [5, 5.41) is 10.4. The van der Waals surface area contributed by atoms with Crippen LogP contribution in [0.3, 0.4) is 0 Å². The first-order valence-electron chi connectivity index (χ1n) is 12.2. The number of pyridine rings is 2. The van der Waals surface area contributed by atoms with Gasteiger partial charge >= 0.3 is 0 Å². The molecule has 2 aromatic rings. The number of methoxy groups -OCH3 is 2. The smallest absolute Gasteiger partial charge is 0.0740 e. The second kappa shape index (κ2) is 11.5. The molecule has 2 aliphatic rings. The van der Waals surface area contributed by atoms with E-state index in [2.05, 4.69) is 28.0 Å². The molecule has 5 atom stereocenters. The van der Waals surface area contributed by atoms with Crippen LogP contribution in [0.4, 0.5) is 0 Å². The quantitative estimate of drug-likeness (QED) is 0.559. The molecule has 0 amide bonds. The zero-order valence-electron chi connectivity index (χ0n) is 20.1. The molecule has 2 aromatic heterocycles. The van der Waals surface area contributed by atoms with E-state index in [9.17, 15) is 5.11 Å². The Balaban J connectivity index is 1.80. The highest BCUT2D eigenvalue weighted by molar-refractivity contribution is 5.21. The van der Waals surface area contributed by atoms with Gasteiger partial charge < -0.3 is 14.6 Å². The van der Waals surface area contributed by atoms with Gasteiger partial charge in [0.1, 0.15) is 0 Å². The SMILES string of the molecule is COCCN(C[C@H](C)O)[C@H](c1ccccn1)[C@@H](c1ccccn1)N1C2CCC1CC(OC)C2. The average molecular weight is 455 g/mol. The van der Waals surface area contributed by atoms with E-state index < -0.39 is 6.10 Å². The molecule has 0 spiro atoms. The monoisotopic (exact) mass is 454 g/mol. The number of fused-ring (bicyclic) bond motifs is 2. The van der Waals surface area contributed by atoms with Crippen LogP contribution in [0.5, 0.6) is 0 Å². The van der Waals surface area contributed by atoms with Crippen molar-refractivity contribution in [2.24, 2.45) is 0 Å². The first kappa shape index (κ1) is 24.2. The first-order valence-corrected chi connectivity index (χ1v) is 12.2. The van der Waals surface area contributed by atoms with Gasteiger partial charge in [0.05, 0.1) is 42.3 Å². The van der Waals surface area contributed by atoms with E-state index in [1.165, 1.54) is 12.8 Å². The van der Waals surface area contributed by atoms with Gasteiger partial charge in [-0.3, -0.25) is 19.8 Å². The minimum atomic E-state index is -0.464. The number of hydrogen-bond acceptors (Lipinski definition) is 7. The molecular weight excluding hydrogens is 416 g/mol. The second-order valence-corrected chi connectivity index (χ2v) is 9.40. The highest BCUT2D eigenvalue weighted by Gasteiger charge is 2.48. The highest BCUT2D eigenvalue weighted by atomic mass is 16.5. The van der Waals surface area contributed by atoms with Crippen LogP contribution >= 0.6 is 0 Å². The van der Waals surface area contributed by atoms with Crippen LogP contribution in [0.1, 0.15) is 56.1 Å². The van der Waals surface area contributed by atoms with Gasteiger partial charge in [-0.25, -0.2) is 0 Å². The zero-order valence-corrected chi connectivity index (χ0v) is 20.1. The number of hydrogen-bond donors (Lipinski definition) is 1. The third-order valence-corrected chi connectivity index (χ3v) is 7.16. The Morgan fingerprint density at radius 2 is 1.67 bits per heavy atom. The fraction of sp³-hybridized carbons (Fsp3) is 0.615. The Morgan fingerprint density at radius 3 is 2.18 bits per heavy atom. The van der Waals surface area contributed by atoms with Gasteiger partial charge in [-0.2, -0.15) is 0 Å². The summed E-state index contributed by atoms with van der Waals surface area (Å²) in [4.78, 5) is 14.7. The fourth-order valence-corrected chi connectivity index (χ4v) is 5.83. The molecule has 0 aliphatic carbocycles. The van der Waals surface area contributed by atoms with Crippen molar-refractivity contribution in [3.05, 3.63) is 60.2 Å². The van der Waals surface area contributed by atoms with E-state index in [1.807, 2.05) is 44.6 Å². The molecule has 0 aromatic carbocycles. The van der Waals surface area contributed by atoms with E-state index >= 15 is 0 Å². The van der Waals surface area contributed by atoms with Gasteiger partial charge in [-0.1, -0.05) is 12.1 Å². The lowest BCUT2D eigenvalue weighted by Crippen LogP contribution is -2.52. The zero-order chi connectivity index (χ0) is 23.2. The molecule has 180 valence electrons. The van der Waals surface area contributed by atoms with Crippen molar-refractivity contribution in [2.45, 2.75) is 69.0 Å². The molecular formula is C26H38N4O3. The fourth-order valence-electron chi connectivity index (χ4n) is 5.83. The molecule has 2 bridgehead atoms. The molecule has 7 heteroatoms. The lowest BCUT2D eigenvalue weighted by molar-refractivity contribution is -0.0446. The Morgan fingerprint density at radius 1 is 1.03 bits per heavy atom. The molecule has 4 rings (SSSR count). The van der Waals surface area contributed by atoms with Crippen molar-refractivity contribution in [3.63, 3.8) is 0 Å². The predicted molar refractivity (Wildman–Crippen MR) is 128 cm³/mol. The van der Waals surface area contributed by atoms with Crippen molar-refractivity contribution >= 4 is 0 Å². The number of aromatic nitrogens is 2. The summed E-state index contributed by atoms with van der Waals surface area (Å²) in [5.74, 6) is 0. The lowest BCUT2D eigenvalue weighted by atomic mass is 9.90. The topological polar surface area (TPSA) is 71.0 Å². The third kappa shape index (κ3) is 5.61. The summed E-state index contributed by atoms with van der Waals surface area (Å²) in [5.41, 5.74) is 2.05. The summed E-state index contributed by atoms with van der Waals surface area (Å²) in [7, 11) is 3.56. The molecule has 0 saturated carbocycles. The predicted octanol–water partition coefficient (Wildman–Crippen LogP) is 3.23. The number of piperidine rings is 1. The van der Waals surface area contributed by atoms with Gasteiger partial charge in [0.25, 0.3) is 0 Å². The number of nitrogens with zero attached hydrogens (tertiary/aromatic N) is 4. The van der Waals surface area contributed by atoms with Gasteiger partial charge in [-0.15, -0.1) is 0 Å². The van der Waals surface area contributed by atoms with Gasteiger partial charge in [0, 0.05) is 51.8 Å². The van der Waals surface area contributed by atoms with Gasteiger partial charge in [0.2, 0.25) is 0 Å². The molecule has 4 heterocycles. The van der Waals surface area contributed by atoms with Crippen LogP contribution in [0.25, 0.3) is 0 Å². The Kier molecular flexibility index (Phi) is 8.44. The number of ether oxygens (including phenoxy) is 2.